The van der Waals surface area contributed by atoms with E-state index in [-0.39, 0.29) is 10.5 Å². The normalized spacial score (nSPS) is 12.7. The summed E-state index contributed by atoms with van der Waals surface area (Å²) in [4.78, 5) is 13.1. The van der Waals surface area contributed by atoms with Crippen molar-refractivity contribution in [1.29, 1.82) is 0 Å². The third-order valence-corrected chi connectivity index (χ3v) is 11.1. The molecule has 0 fully saturated rings. The third kappa shape index (κ3) is 7.43. The minimum absolute atomic E-state index is 0.00371. The van der Waals surface area contributed by atoms with E-state index < -0.39 is 5.97 Å². The first-order valence-corrected chi connectivity index (χ1v) is 14.1. The van der Waals surface area contributed by atoms with Gasteiger partial charge < -0.3 is 5.11 Å². The predicted molar refractivity (Wildman–Crippen MR) is 141 cm³/mol. The van der Waals surface area contributed by atoms with E-state index in [1.807, 2.05) is 31.2 Å². The monoisotopic (exact) mass is 798 g/mol. The first-order valence-electron chi connectivity index (χ1n) is 7.62. The summed E-state index contributed by atoms with van der Waals surface area (Å²) < 4.78 is 5.83. The van der Waals surface area contributed by atoms with Gasteiger partial charge in [-0.2, -0.15) is 0 Å². The van der Waals surface area contributed by atoms with Crippen LogP contribution in [0.25, 0.3) is 0 Å². The maximum absolute atomic E-state index is 11.0. The van der Waals surface area contributed by atoms with Crippen molar-refractivity contribution in [1.82, 2.24) is 0 Å². The number of carboxylic acid groups (broad SMARTS) is 1. The van der Waals surface area contributed by atoms with E-state index in [1.54, 1.807) is 29.6 Å². The molecule has 2 nitrogen and oxygen atoms in total. The van der Waals surface area contributed by atoms with Crippen molar-refractivity contribution >= 4 is 125 Å². The van der Waals surface area contributed by atoms with Crippen LogP contribution in [0.3, 0.4) is 0 Å². The molecule has 0 aliphatic heterocycles. The fourth-order valence-corrected chi connectivity index (χ4v) is 10.2. The van der Waals surface area contributed by atoms with Gasteiger partial charge in [0.15, 0.2) is 0 Å². The van der Waals surface area contributed by atoms with Gasteiger partial charge in [-0.1, -0.05) is 44.9 Å². The fraction of sp³-hybridized carbons (Fsp3) is 0.167. The van der Waals surface area contributed by atoms with Crippen LogP contribution in [0.1, 0.15) is 6.92 Å². The van der Waals surface area contributed by atoms with Crippen LogP contribution < -0.4 is 0 Å². The summed E-state index contributed by atoms with van der Waals surface area (Å²) in [6.45, 7) is 2.02. The Morgan fingerprint density at radius 2 is 1.21 bits per heavy atom. The van der Waals surface area contributed by atoms with E-state index in [1.165, 1.54) is 6.08 Å². The maximum Gasteiger partial charge on any atom is 0.327 e. The quantitative estimate of drug-likeness (QED) is 0.172. The van der Waals surface area contributed by atoms with Gasteiger partial charge in [0, 0.05) is 42.7 Å². The first-order chi connectivity index (χ1) is 13.1. The van der Waals surface area contributed by atoms with Crippen molar-refractivity contribution in [3.05, 3.63) is 63.3 Å². The lowest BCUT2D eigenvalue weighted by Gasteiger charge is -2.23. The summed E-state index contributed by atoms with van der Waals surface area (Å²) in [6, 6.07) is 7.99. The van der Waals surface area contributed by atoms with Crippen LogP contribution in [0.4, 0.5) is 0 Å². The molecule has 0 radical (unpaired) electrons. The van der Waals surface area contributed by atoms with E-state index in [9.17, 15) is 4.79 Å². The van der Waals surface area contributed by atoms with E-state index in [0.29, 0.717) is 0 Å². The molecule has 28 heavy (non-hydrogen) atoms. The van der Waals surface area contributed by atoms with Crippen LogP contribution >= 0.6 is 119 Å². The minimum Gasteiger partial charge on any atom is -0.478 e. The molecule has 10 heteroatoms. The maximum atomic E-state index is 11.0. The molecule has 0 aliphatic carbocycles. The number of carboxylic acids is 1. The molecule has 0 amide bonds. The molecule has 0 aliphatic rings. The van der Waals surface area contributed by atoms with Crippen LogP contribution in [0.15, 0.2) is 73.0 Å². The summed E-state index contributed by atoms with van der Waals surface area (Å²) in [6.07, 6.45) is 2.93. The number of benzene rings is 2. The average molecular weight is 804 g/mol. The number of rotatable bonds is 7. The van der Waals surface area contributed by atoms with E-state index in [2.05, 4.69) is 95.6 Å². The van der Waals surface area contributed by atoms with Gasteiger partial charge in [0.05, 0.1) is 4.58 Å². The summed E-state index contributed by atoms with van der Waals surface area (Å²) in [5.41, 5.74) is 0. The van der Waals surface area contributed by atoms with Gasteiger partial charge in [-0.05, 0) is 93.9 Å². The second-order valence-corrected chi connectivity index (χ2v) is 13.4. The lowest BCUT2D eigenvalue weighted by Crippen LogP contribution is -2.09. The number of allylic oxidation sites excluding steroid dienone is 1. The summed E-state index contributed by atoms with van der Waals surface area (Å²) in [7, 11) is 0. The Balaban J connectivity index is 2.42. The van der Waals surface area contributed by atoms with Gasteiger partial charge in [0.2, 0.25) is 0 Å². The highest BCUT2D eigenvalue weighted by atomic mass is 79.9. The number of thioether (sulfide) groups is 2. The SMILES string of the molecule is CC(C=CC(=O)O)C(Sc1c(Br)cc(Br)cc1Br)Sc1c(Br)cc(Br)cc1Br. The van der Waals surface area contributed by atoms with Crippen LogP contribution in [-0.4, -0.2) is 15.7 Å². The highest BCUT2D eigenvalue weighted by Crippen LogP contribution is 2.49. The first kappa shape index (κ1) is 25.5. The molecule has 0 spiro atoms. The highest BCUT2D eigenvalue weighted by Gasteiger charge is 2.23. The molecular weight excluding hydrogens is 792 g/mol. The molecule has 2 rings (SSSR count). The number of hydrogen-bond donors (Lipinski definition) is 1. The van der Waals surface area contributed by atoms with Gasteiger partial charge in [0.25, 0.3) is 0 Å². The molecule has 0 saturated carbocycles. The van der Waals surface area contributed by atoms with Gasteiger partial charge >= 0.3 is 5.97 Å². The van der Waals surface area contributed by atoms with Crippen molar-refractivity contribution < 1.29 is 9.90 Å². The standard InChI is InChI=1S/C18H12Br6O2S2/c1-8(2-3-15(25)26)18(27-16-11(21)4-9(19)5-12(16)22)28-17-13(23)6-10(20)7-14(17)24/h2-8,18H,1H3,(H,25,26). The molecule has 2 aromatic carbocycles. The third-order valence-electron chi connectivity index (χ3n) is 3.37. The lowest BCUT2D eigenvalue weighted by atomic mass is 10.2. The molecule has 0 saturated heterocycles. The van der Waals surface area contributed by atoms with Crippen molar-refractivity contribution in [2.75, 3.05) is 0 Å². The van der Waals surface area contributed by atoms with Crippen molar-refractivity contribution in [3.8, 4) is 0 Å². The molecule has 0 aromatic heterocycles. The molecular formula is C18H12Br6O2S2. The summed E-state index contributed by atoms with van der Waals surface area (Å²) >= 11 is 24.9. The zero-order valence-corrected chi connectivity index (χ0v) is 25.2. The number of aliphatic carboxylic acids is 1. The second-order valence-electron chi connectivity index (χ2n) is 5.56. The highest BCUT2D eigenvalue weighted by molar-refractivity contribution is 9.12. The average Bonchev–Trinajstić information content (AvgIpc) is 2.56. The lowest BCUT2D eigenvalue weighted by molar-refractivity contribution is -0.131. The van der Waals surface area contributed by atoms with Crippen molar-refractivity contribution in [3.63, 3.8) is 0 Å². The fourth-order valence-electron chi connectivity index (χ4n) is 2.08. The van der Waals surface area contributed by atoms with Gasteiger partial charge in [-0.15, -0.1) is 23.5 Å². The van der Waals surface area contributed by atoms with Gasteiger partial charge in [-0.3, -0.25) is 0 Å². The number of carbonyl (C=O) groups is 1. The minimum atomic E-state index is -0.947. The topological polar surface area (TPSA) is 37.3 Å². The van der Waals surface area contributed by atoms with Gasteiger partial charge in [0.1, 0.15) is 0 Å². The zero-order chi connectivity index (χ0) is 21.0. The summed E-state index contributed by atoms with van der Waals surface area (Å²) in [5.74, 6) is -0.950. The Morgan fingerprint density at radius 1 is 0.857 bits per heavy atom. The Labute approximate surface area is 222 Å². The zero-order valence-electron chi connectivity index (χ0n) is 14.1. The molecule has 2 aromatic rings. The molecule has 1 atom stereocenters. The number of halogens is 6. The summed E-state index contributed by atoms with van der Waals surface area (Å²) in [5, 5.41) is 9.02. The van der Waals surface area contributed by atoms with Crippen LogP contribution in [0.5, 0.6) is 0 Å². The van der Waals surface area contributed by atoms with Crippen molar-refractivity contribution in [2.45, 2.75) is 21.3 Å². The largest absolute Gasteiger partial charge is 0.478 e. The molecule has 150 valence electrons. The van der Waals surface area contributed by atoms with E-state index in [0.717, 1.165) is 36.6 Å². The number of hydrogen-bond acceptors (Lipinski definition) is 3. The van der Waals surface area contributed by atoms with Crippen molar-refractivity contribution in [2.24, 2.45) is 5.92 Å². The second kappa shape index (κ2) is 11.7. The van der Waals surface area contributed by atoms with E-state index in [4.69, 9.17) is 5.11 Å². The smallest absolute Gasteiger partial charge is 0.327 e. The molecule has 0 bridgehead atoms. The Morgan fingerprint density at radius 3 is 1.54 bits per heavy atom. The Bertz CT molecular complexity index is 813. The van der Waals surface area contributed by atoms with E-state index >= 15 is 0 Å². The van der Waals surface area contributed by atoms with Crippen LogP contribution in [0.2, 0.25) is 0 Å². The van der Waals surface area contributed by atoms with Crippen LogP contribution in [-0.2, 0) is 4.79 Å². The molecule has 0 heterocycles. The molecule has 1 unspecified atom stereocenters. The Kier molecular flexibility index (Phi) is 10.7. The predicted octanol–water partition coefficient (Wildman–Crippen LogP) is 9.75. The van der Waals surface area contributed by atoms with Crippen LogP contribution in [0, 0.1) is 5.92 Å². The molecule has 1 N–H and O–H groups in total. The van der Waals surface area contributed by atoms with Gasteiger partial charge in [-0.25, -0.2) is 4.79 Å². The Hall–Kier alpha value is 1.23.